The molecular formula is C13H18N4O. The van der Waals surface area contributed by atoms with E-state index in [1.165, 1.54) is 0 Å². The van der Waals surface area contributed by atoms with Crippen LogP contribution in [0, 0.1) is 13.8 Å². The predicted molar refractivity (Wildman–Crippen MR) is 69.1 cm³/mol. The van der Waals surface area contributed by atoms with Crippen molar-refractivity contribution in [2.24, 2.45) is 12.8 Å². The average Bonchev–Trinajstić information content (AvgIpc) is 2.61. The van der Waals surface area contributed by atoms with E-state index in [1.54, 1.807) is 0 Å². The summed E-state index contributed by atoms with van der Waals surface area (Å²) in [5, 5.41) is 4.31. The summed E-state index contributed by atoms with van der Waals surface area (Å²) in [6.07, 6.45) is 0. The average molecular weight is 246 g/mol. The first-order valence-electron chi connectivity index (χ1n) is 5.89. The lowest BCUT2D eigenvalue weighted by Crippen LogP contribution is -2.04. The lowest BCUT2D eigenvalue weighted by molar-refractivity contribution is 0.296. The topological polar surface area (TPSA) is 66.0 Å². The molecule has 0 saturated heterocycles. The van der Waals surface area contributed by atoms with Crippen LogP contribution >= 0.6 is 0 Å². The zero-order chi connectivity index (χ0) is 13.1. The summed E-state index contributed by atoms with van der Waals surface area (Å²) in [6.45, 7) is 4.80. The number of nitrogens with two attached hydrogens (primary N) is 1. The van der Waals surface area contributed by atoms with Crippen LogP contribution in [0.2, 0.25) is 0 Å². The SMILES string of the molecule is Cc1nn(C)c(C)c1OCc1cccc(CN)n1. The monoisotopic (exact) mass is 246 g/mol. The minimum absolute atomic E-state index is 0.432. The van der Waals surface area contributed by atoms with Gasteiger partial charge in [-0.05, 0) is 26.0 Å². The Labute approximate surface area is 107 Å². The second-order valence-corrected chi connectivity index (χ2v) is 4.24. The molecule has 0 saturated carbocycles. The van der Waals surface area contributed by atoms with Crippen molar-refractivity contribution < 1.29 is 4.74 Å². The Kier molecular flexibility index (Phi) is 3.62. The van der Waals surface area contributed by atoms with E-state index in [4.69, 9.17) is 10.5 Å². The van der Waals surface area contributed by atoms with E-state index in [2.05, 4.69) is 10.1 Å². The van der Waals surface area contributed by atoms with Crippen molar-refractivity contribution >= 4 is 0 Å². The van der Waals surface area contributed by atoms with Crippen LogP contribution in [-0.2, 0) is 20.2 Å². The van der Waals surface area contributed by atoms with E-state index in [0.717, 1.165) is 28.5 Å². The summed E-state index contributed by atoms with van der Waals surface area (Å²) >= 11 is 0. The maximum Gasteiger partial charge on any atom is 0.163 e. The fraction of sp³-hybridized carbons (Fsp3) is 0.385. The van der Waals surface area contributed by atoms with Crippen LogP contribution in [0.4, 0.5) is 0 Å². The third-order valence-electron chi connectivity index (χ3n) is 2.88. The molecule has 0 bridgehead atoms. The third kappa shape index (κ3) is 2.51. The highest BCUT2D eigenvalue weighted by Gasteiger charge is 2.10. The number of hydrogen-bond acceptors (Lipinski definition) is 4. The highest BCUT2D eigenvalue weighted by molar-refractivity contribution is 5.31. The zero-order valence-corrected chi connectivity index (χ0v) is 11.0. The van der Waals surface area contributed by atoms with E-state index in [-0.39, 0.29) is 0 Å². The number of hydrogen-bond donors (Lipinski definition) is 1. The molecule has 2 aromatic rings. The quantitative estimate of drug-likeness (QED) is 0.887. The molecule has 0 aromatic carbocycles. The third-order valence-corrected chi connectivity index (χ3v) is 2.88. The number of nitrogens with zero attached hydrogens (tertiary/aromatic N) is 3. The summed E-state index contributed by atoms with van der Waals surface area (Å²) < 4.78 is 7.60. The Bertz CT molecular complexity index is 548. The smallest absolute Gasteiger partial charge is 0.163 e. The molecule has 18 heavy (non-hydrogen) atoms. The van der Waals surface area contributed by atoms with Crippen molar-refractivity contribution in [2.45, 2.75) is 27.0 Å². The van der Waals surface area contributed by atoms with E-state index in [0.29, 0.717) is 13.2 Å². The Hall–Kier alpha value is -1.88. The van der Waals surface area contributed by atoms with Gasteiger partial charge in [0, 0.05) is 13.6 Å². The fourth-order valence-corrected chi connectivity index (χ4v) is 1.83. The summed E-state index contributed by atoms with van der Waals surface area (Å²) in [7, 11) is 1.91. The first-order valence-corrected chi connectivity index (χ1v) is 5.89. The Morgan fingerprint density at radius 2 is 2.00 bits per heavy atom. The molecule has 2 N–H and O–H groups in total. The molecule has 0 aliphatic heterocycles. The maximum absolute atomic E-state index is 5.79. The van der Waals surface area contributed by atoms with Crippen LogP contribution in [0.3, 0.4) is 0 Å². The van der Waals surface area contributed by atoms with Crippen LogP contribution in [-0.4, -0.2) is 14.8 Å². The van der Waals surface area contributed by atoms with Crippen molar-refractivity contribution in [2.75, 3.05) is 0 Å². The van der Waals surface area contributed by atoms with Crippen molar-refractivity contribution in [3.05, 3.63) is 41.0 Å². The van der Waals surface area contributed by atoms with Crippen molar-refractivity contribution in [3.8, 4) is 5.75 Å². The number of rotatable bonds is 4. The Morgan fingerprint density at radius 3 is 2.61 bits per heavy atom. The van der Waals surface area contributed by atoms with Gasteiger partial charge in [0.1, 0.15) is 12.3 Å². The van der Waals surface area contributed by atoms with Gasteiger partial charge in [-0.25, -0.2) is 0 Å². The van der Waals surface area contributed by atoms with E-state index >= 15 is 0 Å². The molecule has 0 spiro atoms. The highest BCUT2D eigenvalue weighted by Crippen LogP contribution is 2.22. The van der Waals surface area contributed by atoms with Gasteiger partial charge >= 0.3 is 0 Å². The zero-order valence-electron chi connectivity index (χ0n) is 11.0. The number of aryl methyl sites for hydroxylation is 2. The minimum Gasteiger partial charge on any atom is -0.483 e. The van der Waals surface area contributed by atoms with E-state index in [1.807, 2.05) is 43.8 Å². The predicted octanol–water partition coefficient (Wildman–Crippen LogP) is 1.47. The molecule has 0 fully saturated rings. The molecule has 2 heterocycles. The lowest BCUT2D eigenvalue weighted by atomic mass is 10.3. The van der Waals surface area contributed by atoms with Gasteiger partial charge in [0.25, 0.3) is 0 Å². The summed E-state index contributed by atoms with van der Waals surface area (Å²) in [5.41, 5.74) is 9.22. The lowest BCUT2D eigenvalue weighted by Gasteiger charge is -2.07. The molecule has 0 amide bonds. The largest absolute Gasteiger partial charge is 0.483 e. The highest BCUT2D eigenvalue weighted by atomic mass is 16.5. The summed E-state index contributed by atoms with van der Waals surface area (Å²) in [6, 6.07) is 5.78. The number of pyridine rings is 1. The molecule has 0 radical (unpaired) electrons. The molecular weight excluding hydrogens is 228 g/mol. The molecule has 2 rings (SSSR count). The maximum atomic E-state index is 5.79. The number of ether oxygens (including phenoxy) is 1. The normalized spacial score (nSPS) is 10.7. The first-order chi connectivity index (χ1) is 8.61. The van der Waals surface area contributed by atoms with Gasteiger partial charge in [-0.3, -0.25) is 9.67 Å². The van der Waals surface area contributed by atoms with Crippen LogP contribution in [0.15, 0.2) is 18.2 Å². The first kappa shape index (κ1) is 12.6. The summed E-state index contributed by atoms with van der Waals surface area (Å²) in [4.78, 5) is 4.40. The Morgan fingerprint density at radius 1 is 1.28 bits per heavy atom. The van der Waals surface area contributed by atoms with Gasteiger partial charge in [0.05, 0.1) is 17.1 Å². The van der Waals surface area contributed by atoms with Crippen molar-refractivity contribution in [1.29, 1.82) is 0 Å². The van der Waals surface area contributed by atoms with Crippen LogP contribution in [0.25, 0.3) is 0 Å². The van der Waals surface area contributed by atoms with Gasteiger partial charge in [0.15, 0.2) is 5.75 Å². The van der Waals surface area contributed by atoms with Crippen LogP contribution < -0.4 is 10.5 Å². The van der Waals surface area contributed by atoms with Crippen molar-refractivity contribution in [1.82, 2.24) is 14.8 Å². The van der Waals surface area contributed by atoms with Gasteiger partial charge in [0.2, 0.25) is 0 Å². The standard InChI is InChI=1S/C13H18N4O/c1-9-13(10(2)17(3)16-9)18-8-12-6-4-5-11(7-14)15-12/h4-6H,7-8,14H2,1-3H3. The van der Waals surface area contributed by atoms with Crippen molar-refractivity contribution in [3.63, 3.8) is 0 Å². The molecule has 0 aliphatic rings. The minimum atomic E-state index is 0.432. The van der Waals surface area contributed by atoms with Gasteiger partial charge in [-0.1, -0.05) is 6.07 Å². The van der Waals surface area contributed by atoms with Gasteiger partial charge in [-0.15, -0.1) is 0 Å². The van der Waals surface area contributed by atoms with Gasteiger partial charge < -0.3 is 10.5 Å². The van der Waals surface area contributed by atoms with Gasteiger partial charge in [-0.2, -0.15) is 5.10 Å². The molecule has 0 atom stereocenters. The molecule has 0 unspecified atom stereocenters. The number of aromatic nitrogens is 3. The molecule has 5 heteroatoms. The molecule has 0 aliphatic carbocycles. The van der Waals surface area contributed by atoms with Crippen LogP contribution in [0.5, 0.6) is 5.75 Å². The Balaban J connectivity index is 2.11. The second kappa shape index (κ2) is 5.18. The summed E-state index contributed by atoms with van der Waals surface area (Å²) in [5.74, 6) is 0.831. The molecule has 96 valence electrons. The van der Waals surface area contributed by atoms with E-state index in [9.17, 15) is 0 Å². The second-order valence-electron chi connectivity index (χ2n) is 4.24. The van der Waals surface area contributed by atoms with Crippen LogP contribution in [0.1, 0.15) is 22.8 Å². The van der Waals surface area contributed by atoms with E-state index < -0.39 is 0 Å². The molecule has 2 aromatic heterocycles. The fourth-order valence-electron chi connectivity index (χ4n) is 1.83. The molecule has 5 nitrogen and oxygen atoms in total.